The number of aromatic nitrogens is 2. The molecule has 0 aliphatic carbocycles. The number of hydrogen-bond acceptors (Lipinski definition) is 4. The Morgan fingerprint density at radius 3 is 2.70 bits per heavy atom. The molecule has 0 unspecified atom stereocenters. The maximum Gasteiger partial charge on any atom is 0.272 e. The van der Waals surface area contributed by atoms with Crippen molar-refractivity contribution in [3.8, 4) is 0 Å². The smallest absolute Gasteiger partial charge is 0.272 e. The van der Waals surface area contributed by atoms with Gasteiger partial charge < -0.3 is 15.1 Å². The number of amides is 2. The van der Waals surface area contributed by atoms with E-state index in [0.29, 0.717) is 17.1 Å². The van der Waals surface area contributed by atoms with Gasteiger partial charge in [-0.3, -0.25) is 14.3 Å². The van der Waals surface area contributed by atoms with Crippen LogP contribution in [0.15, 0.2) is 29.0 Å². The lowest BCUT2D eigenvalue weighted by Crippen LogP contribution is -2.28. The van der Waals surface area contributed by atoms with E-state index in [-0.39, 0.29) is 24.3 Å². The Labute approximate surface area is 135 Å². The summed E-state index contributed by atoms with van der Waals surface area (Å²) in [6, 6.07) is 3.53. The van der Waals surface area contributed by atoms with Crippen molar-refractivity contribution in [2.75, 3.05) is 5.32 Å². The van der Waals surface area contributed by atoms with E-state index < -0.39 is 0 Å². The minimum atomic E-state index is -0.318. The number of furan rings is 1. The van der Waals surface area contributed by atoms with E-state index >= 15 is 0 Å². The molecule has 2 rings (SSSR count). The molecule has 0 saturated heterocycles. The second-order valence-corrected chi connectivity index (χ2v) is 5.30. The molecule has 0 atom stereocenters. The number of nitrogens with one attached hydrogen (secondary N) is 2. The van der Waals surface area contributed by atoms with Crippen molar-refractivity contribution in [3.05, 3.63) is 36.0 Å². The summed E-state index contributed by atoms with van der Waals surface area (Å²) in [5, 5.41) is 9.62. The number of anilines is 1. The number of carbonyl (C=O) groups excluding carboxylic acids is 2. The van der Waals surface area contributed by atoms with E-state index in [0.717, 1.165) is 12.8 Å². The Morgan fingerprint density at radius 2 is 2.09 bits per heavy atom. The monoisotopic (exact) mass is 318 g/mol. The van der Waals surface area contributed by atoms with Crippen molar-refractivity contribution >= 4 is 17.5 Å². The first kappa shape index (κ1) is 16.8. The molecule has 0 spiro atoms. The molecule has 7 heteroatoms. The molecule has 0 radical (unpaired) electrons. The first-order chi connectivity index (χ1) is 11.1. The van der Waals surface area contributed by atoms with Crippen LogP contribution in [0.4, 0.5) is 5.69 Å². The van der Waals surface area contributed by atoms with Crippen LogP contribution in [0.1, 0.15) is 42.9 Å². The summed E-state index contributed by atoms with van der Waals surface area (Å²) in [7, 11) is 1.66. The van der Waals surface area contributed by atoms with E-state index in [1.807, 2.05) is 13.8 Å². The van der Waals surface area contributed by atoms with Gasteiger partial charge in [0, 0.05) is 13.0 Å². The normalized spacial score (nSPS) is 10.8. The molecule has 0 aliphatic rings. The molecular formula is C16H22N4O3. The fourth-order valence-electron chi connectivity index (χ4n) is 2.36. The molecule has 2 N–H and O–H groups in total. The van der Waals surface area contributed by atoms with Gasteiger partial charge in [0.25, 0.3) is 5.91 Å². The third-order valence-corrected chi connectivity index (χ3v) is 3.77. The molecule has 0 aromatic carbocycles. The number of carbonyl (C=O) groups is 2. The zero-order valence-corrected chi connectivity index (χ0v) is 13.6. The Morgan fingerprint density at radius 1 is 1.35 bits per heavy atom. The summed E-state index contributed by atoms with van der Waals surface area (Å²) < 4.78 is 6.62. The lowest BCUT2D eigenvalue weighted by atomic mass is 10.0. The highest BCUT2D eigenvalue weighted by Gasteiger charge is 2.21. The standard InChI is InChI=1S/C16H22N4O3/c1-4-11(5-2)15(21)19-13-10-18-20(3)14(13)16(22)17-9-12-7-6-8-23-12/h6-8,10-11H,4-5,9H2,1-3H3,(H,17,22)(H,19,21). The molecule has 2 aromatic rings. The molecule has 7 nitrogen and oxygen atoms in total. The van der Waals surface area contributed by atoms with Crippen molar-refractivity contribution in [1.82, 2.24) is 15.1 Å². The predicted octanol–water partition coefficient (Wildman–Crippen LogP) is 2.32. The average molecular weight is 318 g/mol. The number of rotatable bonds is 7. The van der Waals surface area contributed by atoms with Crippen molar-refractivity contribution in [3.63, 3.8) is 0 Å². The molecule has 0 bridgehead atoms. The number of aryl methyl sites for hydroxylation is 1. The number of nitrogens with zero attached hydrogens (tertiary/aromatic N) is 2. The van der Waals surface area contributed by atoms with Gasteiger partial charge in [0.2, 0.25) is 5.91 Å². The molecule has 0 fully saturated rings. The molecule has 23 heavy (non-hydrogen) atoms. The van der Waals surface area contributed by atoms with Gasteiger partial charge in [-0.25, -0.2) is 0 Å². The van der Waals surface area contributed by atoms with Crippen molar-refractivity contribution in [2.24, 2.45) is 13.0 Å². The molecule has 2 aromatic heterocycles. The first-order valence-electron chi connectivity index (χ1n) is 7.70. The Hall–Kier alpha value is -2.57. The largest absolute Gasteiger partial charge is 0.467 e. The van der Waals surface area contributed by atoms with Crippen LogP contribution in [0.5, 0.6) is 0 Å². The van der Waals surface area contributed by atoms with E-state index in [9.17, 15) is 9.59 Å². The Bertz CT molecular complexity index is 657. The van der Waals surface area contributed by atoms with E-state index in [1.54, 1.807) is 25.4 Å². The van der Waals surface area contributed by atoms with Gasteiger partial charge in [-0.05, 0) is 25.0 Å². The van der Waals surface area contributed by atoms with Crippen LogP contribution in [-0.2, 0) is 18.4 Å². The molecule has 0 saturated carbocycles. The van der Waals surface area contributed by atoms with Crippen molar-refractivity contribution in [2.45, 2.75) is 33.2 Å². The van der Waals surface area contributed by atoms with E-state index in [1.165, 1.54) is 10.9 Å². The fraction of sp³-hybridized carbons (Fsp3) is 0.438. The topological polar surface area (TPSA) is 89.2 Å². The first-order valence-corrected chi connectivity index (χ1v) is 7.70. The minimum absolute atomic E-state index is 0.0748. The highest BCUT2D eigenvalue weighted by molar-refractivity contribution is 6.02. The van der Waals surface area contributed by atoms with Gasteiger partial charge in [0.15, 0.2) is 0 Å². The van der Waals surface area contributed by atoms with E-state index in [2.05, 4.69) is 15.7 Å². The summed E-state index contributed by atoms with van der Waals surface area (Å²) in [5.74, 6) is 0.168. The van der Waals surface area contributed by atoms with Crippen LogP contribution >= 0.6 is 0 Å². The zero-order chi connectivity index (χ0) is 16.8. The highest BCUT2D eigenvalue weighted by Crippen LogP contribution is 2.17. The third kappa shape index (κ3) is 4.00. The molecule has 2 amide bonds. The molecule has 2 heterocycles. The van der Waals surface area contributed by atoms with Gasteiger partial charge in [-0.1, -0.05) is 13.8 Å². The van der Waals surface area contributed by atoms with Gasteiger partial charge in [-0.15, -0.1) is 0 Å². The highest BCUT2D eigenvalue weighted by atomic mass is 16.3. The van der Waals surface area contributed by atoms with Crippen LogP contribution < -0.4 is 10.6 Å². The zero-order valence-electron chi connectivity index (χ0n) is 13.6. The van der Waals surface area contributed by atoms with Gasteiger partial charge in [0.1, 0.15) is 11.5 Å². The predicted molar refractivity (Wildman–Crippen MR) is 85.8 cm³/mol. The summed E-state index contributed by atoms with van der Waals surface area (Å²) in [5.41, 5.74) is 0.734. The van der Waals surface area contributed by atoms with Crippen molar-refractivity contribution < 1.29 is 14.0 Å². The summed E-state index contributed by atoms with van der Waals surface area (Å²) in [4.78, 5) is 24.6. The SMILES string of the molecule is CCC(CC)C(=O)Nc1cnn(C)c1C(=O)NCc1ccco1. The maximum absolute atomic E-state index is 12.4. The van der Waals surface area contributed by atoms with Gasteiger partial charge in [0.05, 0.1) is 24.7 Å². The van der Waals surface area contributed by atoms with Crippen molar-refractivity contribution in [1.29, 1.82) is 0 Å². The number of hydrogen-bond donors (Lipinski definition) is 2. The lowest BCUT2D eigenvalue weighted by molar-refractivity contribution is -0.120. The fourth-order valence-corrected chi connectivity index (χ4v) is 2.36. The third-order valence-electron chi connectivity index (χ3n) is 3.77. The van der Waals surface area contributed by atoms with Crippen LogP contribution in [-0.4, -0.2) is 21.6 Å². The maximum atomic E-state index is 12.4. The summed E-state index contributed by atoms with van der Waals surface area (Å²) in [6.07, 6.45) is 4.54. The van der Waals surface area contributed by atoms with Gasteiger partial charge in [-0.2, -0.15) is 5.10 Å². The molecular weight excluding hydrogens is 296 g/mol. The Kier molecular flexibility index (Phi) is 5.56. The Balaban J connectivity index is 2.08. The average Bonchev–Trinajstić information content (AvgIpc) is 3.16. The van der Waals surface area contributed by atoms with Crippen LogP contribution in [0, 0.1) is 5.92 Å². The van der Waals surface area contributed by atoms with Crippen LogP contribution in [0.25, 0.3) is 0 Å². The second kappa shape index (κ2) is 7.62. The quantitative estimate of drug-likeness (QED) is 0.820. The summed E-state index contributed by atoms with van der Waals surface area (Å²) in [6.45, 7) is 4.21. The molecule has 124 valence electrons. The second-order valence-electron chi connectivity index (χ2n) is 5.30. The van der Waals surface area contributed by atoms with Crippen LogP contribution in [0.2, 0.25) is 0 Å². The molecule has 0 aliphatic heterocycles. The lowest BCUT2D eigenvalue weighted by Gasteiger charge is -2.13. The summed E-state index contributed by atoms with van der Waals surface area (Å²) >= 11 is 0. The minimum Gasteiger partial charge on any atom is -0.467 e. The van der Waals surface area contributed by atoms with Crippen LogP contribution in [0.3, 0.4) is 0 Å². The van der Waals surface area contributed by atoms with Gasteiger partial charge >= 0.3 is 0 Å². The van der Waals surface area contributed by atoms with E-state index in [4.69, 9.17) is 4.42 Å².